The molecule has 0 aliphatic carbocycles. The van der Waals surface area contributed by atoms with E-state index in [0.717, 1.165) is 11.1 Å². The topological polar surface area (TPSA) is 169 Å². The molecule has 0 fully saturated rings. The van der Waals surface area contributed by atoms with Crippen LogP contribution < -0.4 is 16.4 Å². The highest BCUT2D eigenvalue weighted by Crippen LogP contribution is 2.32. The molecular weight excluding hydrogens is 498 g/mol. The van der Waals surface area contributed by atoms with E-state index in [0.29, 0.717) is 18.5 Å². The molecule has 39 heavy (non-hydrogen) atoms. The fraction of sp³-hybridized carbons (Fsp3) is 0.241. The minimum absolute atomic E-state index is 0.0507. The Kier molecular flexibility index (Phi) is 10.4. The molecule has 10 heteroatoms. The summed E-state index contributed by atoms with van der Waals surface area (Å²) < 4.78 is 0. The number of carbonyl (C=O) groups excluding carboxylic acids is 2. The van der Waals surface area contributed by atoms with Crippen molar-refractivity contribution in [3.05, 3.63) is 102 Å². The Labute approximate surface area is 227 Å². The number of carboxylic acid groups (broad SMARTS) is 1. The molecule has 0 heterocycles. The average molecular weight is 532 g/mol. The van der Waals surface area contributed by atoms with E-state index in [9.17, 15) is 24.6 Å². The number of nitrogens with one attached hydrogen (secondary N) is 3. The summed E-state index contributed by atoms with van der Waals surface area (Å²) in [6.07, 6.45) is 0.512. The van der Waals surface area contributed by atoms with E-state index in [1.807, 2.05) is 60.7 Å². The number of hydrogen-bond acceptors (Lipinski definition) is 5. The summed E-state index contributed by atoms with van der Waals surface area (Å²) in [6.45, 7) is -0.304. The third-order valence-electron chi connectivity index (χ3n) is 6.11. The molecule has 3 aromatic carbocycles. The van der Waals surface area contributed by atoms with Crippen molar-refractivity contribution in [2.24, 2.45) is 5.73 Å². The number of amides is 2. The lowest BCUT2D eigenvalue weighted by atomic mass is 9.93. The van der Waals surface area contributed by atoms with Crippen LogP contribution in [0.4, 0.5) is 0 Å². The molecule has 2 amide bonds. The lowest BCUT2D eigenvalue weighted by Gasteiger charge is -2.38. The highest BCUT2D eigenvalue weighted by molar-refractivity contribution is 5.90. The number of rotatable bonds is 13. The van der Waals surface area contributed by atoms with Gasteiger partial charge < -0.3 is 31.5 Å². The predicted molar refractivity (Wildman–Crippen MR) is 147 cm³/mol. The number of nitrogens with two attached hydrogens (primary N) is 1. The third kappa shape index (κ3) is 8.60. The van der Waals surface area contributed by atoms with E-state index in [4.69, 9.17) is 11.1 Å². The first-order chi connectivity index (χ1) is 18.8. The first-order valence-corrected chi connectivity index (χ1v) is 12.5. The normalized spacial score (nSPS) is 11.4. The van der Waals surface area contributed by atoms with E-state index in [-0.39, 0.29) is 30.5 Å². The van der Waals surface area contributed by atoms with Crippen LogP contribution in [0.2, 0.25) is 0 Å². The van der Waals surface area contributed by atoms with Gasteiger partial charge in [-0.15, -0.1) is 0 Å². The molecule has 0 spiro atoms. The molecule has 3 aromatic rings. The minimum atomic E-state index is -1.20. The largest absolute Gasteiger partial charge is 0.508 e. The summed E-state index contributed by atoms with van der Waals surface area (Å²) in [4.78, 5) is 40.4. The van der Waals surface area contributed by atoms with Gasteiger partial charge in [-0.3, -0.25) is 19.8 Å². The van der Waals surface area contributed by atoms with Crippen LogP contribution >= 0.6 is 0 Å². The highest BCUT2D eigenvalue weighted by atomic mass is 16.4. The maximum Gasteiger partial charge on any atom is 0.322 e. The fourth-order valence-electron chi connectivity index (χ4n) is 4.36. The molecular formula is C29H33N5O5. The van der Waals surface area contributed by atoms with Gasteiger partial charge in [-0.1, -0.05) is 72.8 Å². The Bertz CT molecular complexity index is 1210. The summed E-state index contributed by atoms with van der Waals surface area (Å²) >= 11 is 0. The van der Waals surface area contributed by atoms with Crippen molar-refractivity contribution in [2.45, 2.75) is 31.3 Å². The number of phenolic OH excluding ortho intramolecular Hbond substituents is 1. The second-order valence-electron chi connectivity index (χ2n) is 8.98. The molecule has 0 aromatic heterocycles. The Balaban J connectivity index is 2.10. The van der Waals surface area contributed by atoms with E-state index < -0.39 is 30.5 Å². The molecule has 0 aliphatic rings. The molecule has 0 unspecified atom stereocenters. The smallest absolute Gasteiger partial charge is 0.322 e. The van der Waals surface area contributed by atoms with Gasteiger partial charge >= 0.3 is 5.97 Å². The van der Waals surface area contributed by atoms with Crippen LogP contribution in [-0.4, -0.2) is 58.0 Å². The quantitative estimate of drug-likeness (QED) is 0.112. The standard InChI is InChI=1S/C29H33N5O5/c30-29(31)32-17-7-12-24(28(39)33-19-26(37)38)34(25(36)18-20-13-15-23(35)16-14-20)27(21-8-3-1-4-9-21)22-10-5-2-6-11-22/h1-6,8-11,13-16,24,27,35H,7,12,17-19H2,(H,33,39)(H,37,38)(H4,30,31,32)/t24-/m1/s1. The number of carboxylic acids is 1. The molecule has 204 valence electrons. The maximum atomic E-state index is 14.1. The van der Waals surface area contributed by atoms with Crippen molar-refractivity contribution in [2.75, 3.05) is 13.1 Å². The van der Waals surface area contributed by atoms with Gasteiger partial charge in [0.15, 0.2) is 5.96 Å². The van der Waals surface area contributed by atoms with Crippen LogP contribution in [0, 0.1) is 5.41 Å². The number of aliphatic carboxylic acids is 1. The zero-order valence-corrected chi connectivity index (χ0v) is 21.4. The van der Waals surface area contributed by atoms with Crippen LogP contribution in [0.5, 0.6) is 5.75 Å². The summed E-state index contributed by atoms with van der Waals surface area (Å²) in [7, 11) is 0. The van der Waals surface area contributed by atoms with Crippen LogP contribution in [0.25, 0.3) is 0 Å². The van der Waals surface area contributed by atoms with Crippen LogP contribution in [0.15, 0.2) is 84.9 Å². The number of aromatic hydroxyl groups is 1. The van der Waals surface area contributed by atoms with Crippen molar-refractivity contribution in [1.82, 2.24) is 15.5 Å². The third-order valence-corrected chi connectivity index (χ3v) is 6.11. The minimum Gasteiger partial charge on any atom is -0.508 e. The first kappa shape index (κ1) is 28.7. The van der Waals surface area contributed by atoms with E-state index in [1.54, 1.807) is 12.1 Å². The zero-order valence-electron chi connectivity index (χ0n) is 21.4. The number of phenols is 1. The van der Waals surface area contributed by atoms with Gasteiger partial charge in [0.1, 0.15) is 18.3 Å². The summed E-state index contributed by atoms with van der Waals surface area (Å²) in [5.41, 5.74) is 7.60. The van der Waals surface area contributed by atoms with E-state index >= 15 is 0 Å². The van der Waals surface area contributed by atoms with Gasteiger partial charge in [0.05, 0.1) is 12.5 Å². The molecule has 0 bridgehead atoms. The second-order valence-corrected chi connectivity index (χ2v) is 8.98. The van der Waals surface area contributed by atoms with Crippen molar-refractivity contribution < 1.29 is 24.6 Å². The first-order valence-electron chi connectivity index (χ1n) is 12.5. The van der Waals surface area contributed by atoms with Crippen molar-refractivity contribution in [1.29, 1.82) is 5.41 Å². The summed E-state index contributed by atoms with van der Waals surface area (Å²) in [5.74, 6) is -2.30. The molecule has 10 nitrogen and oxygen atoms in total. The van der Waals surface area contributed by atoms with Gasteiger partial charge in [0, 0.05) is 6.54 Å². The fourth-order valence-corrected chi connectivity index (χ4v) is 4.36. The van der Waals surface area contributed by atoms with Crippen LogP contribution in [0.1, 0.15) is 35.6 Å². The van der Waals surface area contributed by atoms with E-state index in [2.05, 4.69) is 10.6 Å². The number of guanidine groups is 1. The highest BCUT2D eigenvalue weighted by Gasteiger charge is 2.36. The van der Waals surface area contributed by atoms with Gasteiger partial charge in [-0.05, 0) is 41.7 Å². The summed E-state index contributed by atoms with van der Waals surface area (Å²) in [6, 6.07) is 23.2. The lowest BCUT2D eigenvalue weighted by Crippen LogP contribution is -2.52. The Morgan fingerprint density at radius 1 is 0.872 bits per heavy atom. The SMILES string of the molecule is N=C(N)NCCC[C@H](C(=O)NCC(=O)O)N(C(=O)Cc1ccc(O)cc1)C(c1ccccc1)c1ccccc1. The lowest BCUT2D eigenvalue weighted by molar-refractivity contribution is -0.143. The van der Waals surface area contributed by atoms with Gasteiger partial charge in [0.2, 0.25) is 11.8 Å². The van der Waals surface area contributed by atoms with Gasteiger partial charge in [-0.2, -0.15) is 0 Å². The Hall–Kier alpha value is -4.86. The molecule has 0 saturated heterocycles. The van der Waals surface area contributed by atoms with Crippen LogP contribution in [-0.2, 0) is 20.8 Å². The molecule has 1 atom stereocenters. The molecule has 0 aliphatic heterocycles. The average Bonchev–Trinajstić information content (AvgIpc) is 2.93. The number of benzene rings is 3. The second kappa shape index (κ2) is 14.2. The van der Waals surface area contributed by atoms with Gasteiger partial charge in [0.25, 0.3) is 0 Å². The van der Waals surface area contributed by atoms with Gasteiger partial charge in [-0.25, -0.2) is 0 Å². The Morgan fingerprint density at radius 3 is 1.95 bits per heavy atom. The van der Waals surface area contributed by atoms with Crippen LogP contribution in [0.3, 0.4) is 0 Å². The Morgan fingerprint density at radius 2 is 1.44 bits per heavy atom. The van der Waals surface area contributed by atoms with Crippen molar-refractivity contribution >= 4 is 23.7 Å². The van der Waals surface area contributed by atoms with Crippen molar-refractivity contribution in [3.8, 4) is 5.75 Å². The number of carbonyl (C=O) groups is 3. The summed E-state index contributed by atoms with van der Waals surface area (Å²) in [5, 5.41) is 31.4. The van der Waals surface area contributed by atoms with E-state index in [1.165, 1.54) is 17.0 Å². The monoisotopic (exact) mass is 531 g/mol. The maximum absolute atomic E-state index is 14.1. The molecule has 3 rings (SSSR count). The predicted octanol–water partition coefficient (Wildman–Crippen LogP) is 2.39. The number of nitrogens with zero attached hydrogens (tertiary/aromatic N) is 1. The molecule has 0 saturated carbocycles. The molecule has 0 radical (unpaired) electrons. The zero-order chi connectivity index (χ0) is 28.2. The molecule has 7 N–H and O–H groups in total. The van der Waals surface area contributed by atoms with Crippen molar-refractivity contribution in [3.63, 3.8) is 0 Å². The number of hydrogen-bond donors (Lipinski definition) is 6.